The van der Waals surface area contributed by atoms with Crippen molar-refractivity contribution in [3.63, 3.8) is 0 Å². The largest absolute Gasteiger partial charge is 0.332 e. The summed E-state index contributed by atoms with van der Waals surface area (Å²) in [6.07, 6.45) is 3.90. The fourth-order valence-corrected chi connectivity index (χ4v) is 2.34. The molecule has 0 saturated carbocycles. The van der Waals surface area contributed by atoms with E-state index in [-0.39, 0.29) is 0 Å². The van der Waals surface area contributed by atoms with E-state index in [2.05, 4.69) is 61.3 Å². The van der Waals surface area contributed by atoms with Crippen LogP contribution in [0.25, 0.3) is 0 Å². The summed E-state index contributed by atoms with van der Waals surface area (Å²) in [5, 5.41) is 3.45. The molecule has 0 spiro atoms. The van der Waals surface area contributed by atoms with Gasteiger partial charge in [-0.3, -0.25) is 4.90 Å². The van der Waals surface area contributed by atoms with Gasteiger partial charge in [0.2, 0.25) is 0 Å². The molecular weight excluding hydrogens is 236 g/mol. The molecule has 1 aromatic heterocycles. The lowest BCUT2D eigenvalue weighted by atomic mass is 10.2. The molecule has 0 aliphatic carbocycles. The van der Waals surface area contributed by atoms with Gasteiger partial charge < -0.3 is 9.88 Å². The van der Waals surface area contributed by atoms with Crippen LogP contribution >= 0.6 is 0 Å². The van der Waals surface area contributed by atoms with E-state index in [1.54, 1.807) is 0 Å². The smallest absolute Gasteiger partial charge is 0.0949 e. The van der Waals surface area contributed by atoms with Gasteiger partial charge in [-0.15, -0.1) is 0 Å². The number of nitrogens with one attached hydrogen (secondary N) is 1. The van der Waals surface area contributed by atoms with Crippen molar-refractivity contribution in [3.05, 3.63) is 18.2 Å². The van der Waals surface area contributed by atoms with Gasteiger partial charge in [0, 0.05) is 44.0 Å². The van der Waals surface area contributed by atoms with Gasteiger partial charge in [-0.05, 0) is 27.7 Å². The Hall–Kier alpha value is -0.870. The number of imidazole rings is 1. The molecule has 0 bridgehead atoms. The van der Waals surface area contributed by atoms with Gasteiger partial charge in [0.1, 0.15) is 0 Å². The zero-order valence-corrected chi connectivity index (χ0v) is 13.3. The highest BCUT2D eigenvalue weighted by Gasteiger charge is 2.13. The number of aromatic nitrogens is 2. The first kappa shape index (κ1) is 16.2. The average molecular weight is 266 g/mol. The van der Waals surface area contributed by atoms with Crippen molar-refractivity contribution >= 4 is 0 Å². The van der Waals surface area contributed by atoms with Gasteiger partial charge in [-0.25, -0.2) is 4.98 Å². The molecule has 0 aliphatic rings. The molecular formula is C15H30N4. The Bertz CT molecular complexity index is 347. The lowest BCUT2D eigenvalue weighted by molar-refractivity contribution is 0.167. The summed E-state index contributed by atoms with van der Waals surface area (Å²) in [5.41, 5.74) is 1.26. The first-order valence-electron chi connectivity index (χ1n) is 7.40. The van der Waals surface area contributed by atoms with Crippen LogP contribution in [0.4, 0.5) is 0 Å². The Balaban J connectivity index is 2.55. The van der Waals surface area contributed by atoms with Crippen LogP contribution in [-0.2, 0) is 13.1 Å². The zero-order valence-electron chi connectivity index (χ0n) is 13.3. The SMILES string of the molecule is CC(C)NCc1cncn1CCN(C(C)C)C(C)C. The Morgan fingerprint density at radius 2 is 1.79 bits per heavy atom. The molecule has 0 saturated heterocycles. The third kappa shape index (κ3) is 5.33. The number of hydrogen-bond donors (Lipinski definition) is 1. The fraction of sp³-hybridized carbons (Fsp3) is 0.800. The molecule has 0 atom stereocenters. The second-order valence-corrected chi connectivity index (χ2v) is 6.04. The minimum Gasteiger partial charge on any atom is -0.332 e. The van der Waals surface area contributed by atoms with Crippen LogP contribution in [0.1, 0.15) is 47.2 Å². The Morgan fingerprint density at radius 3 is 2.32 bits per heavy atom. The molecule has 0 radical (unpaired) electrons. The molecule has 1 aromatic rings. The van der Waals surface area contributed by atoms with E-state index in [0.29, 0.717) is 18.1 Å². The molecule has 0 unspecified atom stereocenters. The second kappa shape index (κ2) is 7.65. The van der Waals surface area contributed by atoms with Gasteiger partial charge in [0.25, 0.3) is 0 Å². The van der Waals surface area contributed by atoms with Crippen molar-refractivity contribution in [2.45, 2.75) is 72.8 Å². The van der Waals surface area contributed by atoms with Crippen molar-refractivity contribution in [2.24, 2.45) is 0 Å². The lowest BCUT2D eigenvalue weighted by Crippen LogP contribution is -2.39. The fourth-order valence-electron chi connectivity index (χ4n) is 2.34. The summed E-state index contributed by atoms with van der Waals surface area (Å²) in [6.45, 7) is 16.3. The van der Waals surface area contributed by atoms with E-state index in [1.165, 1.54) is 5.69 Å². The van der Waals surface area contributed by atoms with E-state index < -0.39 is 0 Å². The van der Waals surface area contributed by atoms with E-state index in [0.717, 1.165) is 19.6 Å². The average Bonchev–Trinajstić information content (AvgIpc) is 2.73. The summed E-state index contributed by atoms with van der Waals surface area (Å²) in [6, 6.07) is 1.67. The van der Waals surface area contributed by atoms with E-state index in [1.807, 2.05) is 12.5 Å². The summed E-state index contributed by atoms with van der Waals surface area (Å²) in [4.78, 5) is 6.79. The van der Waals surface area contributed by atoms with Crippen LogP contribution in [0, 0.1) is 0 Å². The Morgan fingerprint density at radius 1 is 1.16 bits per heavy atom. The van der Waals surface area contributed by atoms with Crippen LogP contribution in [-0.4, -0.2) is 39.1 Å². The number of nitrogens with zero attached hydrogens (tertiary/aromatic N) is 3. The summed E-state index contributed by atoms with van der Waals surface area (Å²) >= 11 is 0. The van der Waals surface area contributed by atoms with E-state index >= 15 is 0 Å². The molecule has 0 aliphatic heterocycles. The molecule has 0 amide bonds. The van der Waals surface area contributed by atoms with E-state index in [9.17, 15) is 0 Å². The maximum absolute atomic E-state index is 4.27. The van der Waals surface area contributed by atoms with Crippen molar-refractivity contribution in [3.8, 4) is 0 Å². The van der Waals surface area contributed by atoms with Crippen LogP contribution < -0.4 is 5.32 Å². The molecule has 0 fully saturated rings. The normalized spacial score (nSPS) is 12.3. The van der Waals surface area contributed by atoms with Crippen molar-refractivity contribution in [2.75, 3.05) is 6.54 Å². The highest BCUT2D eigenvalue weighted by molar-refractivity contribution is 4.98. The predicted molar refractivity (Wildman–Crippen MR) is 81.2 cm³/mol. The standard InChI is InChI=1S/C15H30N4/c1-12(2)17-10-15-9-16-11-18(15)7-8-19(13(3)4)14(5)6/h9,11-14,17H,7-8,10H2,1-6H3. The lowest BCUT2D eigenvalue weighted by Gasteiger charge is -2.30. The zero-order chi connectivity index (χ0) is 14.4. The van der Waals surface area contributed by atoms with Gasteiger partial charge in [0.15, 0.2) is 0 Å². The van der Waals surface area contributed by atoms with Gasteiger partial charge in [-0.2, -0.15) is 0 Å². The maximum Gasteiger partial charge on any atom is 0.0949 e. The third-order valence-electron chi connectivity index (χ3n) is 3.42. The first-order chi connectivity index (χ1) is 8.91. The molecule has 1 rings (SSSR count). The molecule has 1 heterocycles. The van der Waals surface area contributed by atoms with Gasteiger partial charge in [-0.1, -0.05) is 13.8 Å². The van der Waals surface area contributed by atoms with Crippen LogP contribution in [0.3, 0.4) is 0 Å². The second-order valence-electron chi connectivity index (χ2n) is 6.04. The molecule has 4 nitrogen and oxygen atoms in total. The van der Waals surface area contributed by atoms with Gasteiger partial charge >= 0.3 is 0 Å². The Kier molecular flexibility index (Phi) is 6.52. The quantitative estimate of drug-likeness (QED) is 0.785. The summed E-state index contributed by atoms with van der Waals surface area (Å²) in [7, 11) is 0. The third-order valence-corrected chi connectivity index (χ3v) is 3.42. The molecule has 4 heteroatoms. The van der Waals surface area contributed by atoms with Crippen molar-refractivity contribution in [1.29, 1.82) is 0 Å². The van der Waals surface area contributed by atoms with Crippen LogP contribution in [0.15, 0.2) is 12.5 Å². The van der Waals surface area contributed by atoms with Gasteiger partial charge in [0.05, 0.1) is 12.0 Å². The Labute approximate surface area is 118 Å². The minimum absolute atomic E-state index is 0.506. The number of hydrogen-bond acceptors (Lipinski definition) is 3. The molecule has 1 N–H and O–H groups in total. The topological polar surface area (TPSA) is 33.1 Å². The van der Waals surface area contributed by atoms with E-state index in [4.69, 9.17) is 0 Å². The predicted octanol–water partition coefficient (Wildman–Crippen LogP) is 2.50. The van der Waals surface area contributed by atoms with Crippen LogP contribution in [0.5, 0.6) is 0 Å². The monoisotopic (exact) mass is 266 g/mol. The first-order valence-corrected chi connectivity index (χ1v) is 7.40. The minimum atomic E-state index is 0.506. The summed E-state index contributed by atoms with van der Waals surface area (Å²) in [5.74, 6) is 0. The molecule has 110 valence electrons. The number of rotatable bonds is 8. The summed E-state index contributed by atoms with van der Waals surface area (Å²) < 4.78 is 2.26. The molecule has 0 aromatic carbocycles. The highest BCUT2D eigenvalue weighted by Crippen LogP contribution is 2.07. The van der Waals surface area contributed by atoms with Crippen molar-refractivity contribution in [1.82, 2.24) is 19.8 Å². The van der Waals surface area contributed by atoms with Crippen LogP contribution in [0.2, 0.25) is 0 Å². The maximum atomic E-state index is 4.27. The highest BCUT2D eigenvalue weighted by atomic mass is 15.2. The van der Waals surface area contributed by atoms with Crippen molar-refractivity contribution < 1.29 is 0 Å². The molecule has 19 heavy (non-hydrogen) atoms.